The minimum Gasteiger partial charge on any atom is -0.369 e. The van der Waals surface area contributed by atoms with E-state index in [0.29, 0.717) is 17.7 Å². The topological polar surface area (TPSA) is 59.4 Å². The molecule has 5 nitrogen and oxygen atoms in total. The molecule has 0 radical (unpaired) electrons. The Morgan fingerprint density at radius 1 is 1.06 bits per heavy atom. The number of halogens is 2. The molecule has 3 aromatic rings. The molecule has 1 aliphatic rings. The number of benzene rings is 2. The first kappa shape index (κ1) is 22.8. The number of aromatic nitrogens is 1. The van der Waals surface area contributed by atoms with Gasteiger partial charge in [-0.15, -0.1) is 0 Å². The third-order valence-corrected chi connectivity index (χ3v) is 7.90. The van der Waals surface area contributed by atoms with Gasteiger partial charge in [0.05, 0.1) is 21.5 Å². The Bertz CT molecular complexity index is 1310. The molecular formula is C24H26ClFN2O3S. The number of rotatable bonds is 5. The molecule has 8 heteroatoms. The van der Waals surface area contributed by atoms with Gasteiger partial charge < -0.3 is 9.47 Å². The lowest BCUT2D eigenvalue weighted by Crippen LogP contribution is -2.26. The zero-order valence-electron chi connectivity index (χ0n) is 18.0. The molecule has 4 rings (SSSR count). The summed E-state index contributed by atoms with van der Waals surface area (Å²) in [5, 5.41) is 0.325. The van der Waals surface area contributed by atoms with Crippen LogP contribution in [0.25, 0.3) is 10.9 Å². The third kappa shape index (κ3) is 4.28. The second-order valence-corrected chi connectivity index (χ2v) is 10.6. The van der Waals surface area contributed by atoms with Crippen LogP contribution in [0.3, 0.4) is 0 Å². The van der Waals surface area contributed by atoms with E-state index in [1.54, 1.807) is 16.7 Å². The first-order valence-electron chi connectivity index (χ1n) is 10.9. The predicted molar refractivity (Wildman–Crippen MR) is 126 cm³/mol. The van der Waals surface area contributed by atoms with Crippen LogP contribution in [0.1, 0.15) is 39.0 Å². The number of sulfone groups is 1. The first-order chi connectivity index (χ1) is 15.3. The molecule has 1 aliphatic heterocycles. The standard InChI is InChI=1S/C24H26ClFN2O3S/c1-2-10-28-16-23(32(30,31)18-9-7-8-17(25)13-18)24(29)19-14-20(26)22(15-21(19)28)27-11-5-3-4-6-12-27/h7-9,13-16H,2-6,10-12H2,1H3. The van der Waals surface area contributed by atoms with Crippen LogP contribution in [0.2, 0.25) is 5.02 Å². The van der Waals surface area contributed by atoms with E-state index in [2.05, 4.69) is 0 Å². The number of aryl methyl sites for hydroxylation is 1. The van der Waals surface area contributed by atoms with Gasteiger partial charge in [0, 0.05) is 30.9 Å². The zero-order valence-corrected chi connectivity index (χ0v) is 19.6. The van der Waals surface area contributed by atoms with Crippen LogP contribution < -0.4 is 10.3 Å². The van der Waals surface area contributed by atoms with E-state index in [9.17, 15) is 13.2 Å². The van der Waals surface area contributed by atoms with Crippen LogP contribution in [-0.2, 0) is 16.4 Å². The lowest BCUT2D eigenvalue weighted by atomic mass is 10.1. The van der Waals surface area contributed by atoms with E-state index in [1.165, 1.54) is 30.5 Å². The fourth-order valence-electron chi connectivity index (χ4n) is 4.31. The van der Waals surface area contributed by atoms with Crippen molar-refractivity contribution in [2.24, 2.45) is 0 Å². The Kier molecular flexibility index (Phi) is 6.58. The second kappa shape index (κ2) is 9.24. The molecule has 0 aliphatic carbocycles. The Morgan fingerprint density at radius 3 is 2.44 bits per heavy atom. The maximum atomic E-state index is 15.2. The summed E-state index contributed by atoms with van der Waals surface area (Å²) in [5.41, 5.74) is 0.310. The van der Waals surface area contributed by atoms with Crippen molar-refractivity contribution in [3.8, 4) is 0 Å². The van der Waals surface area contributed by atoms with E-state index in [0.717, 1.165) is 45.2 Å². The summed E-state index contributed by atoms with van der Waals surface area (Å²) in [4.78, 5) is 14.9. The lowest BCUT2D eigenvalue weighted by molar-refractivity contribution is 0.592. The lowest BCUT2D eigenvalue weighted by Gasteiger charge is -2.24. The Labute approximate surface area is 192 Å². The molecule has 170 valence electrons. The summed E-state index contributed by atoms with van der Waals surface area (Å²) in [7, 11) is -4.12. The van der Waals surface area contributed by atoms with Crippen LogP contribution in [0.15, 0.2) is 57.2 Å². The zero-order chi connectivity index (χ0) is 22.9. The molecule has 1 saturated heterocycles. The van der Waals surface area contributed by atoms with Gasteiger partial charge in [-0.25, -0.2) is 12.8 Å². The molecule has 2 aromatic carbocycles. The van der Waals surface area contributed by atoms with Gasteiger partial charge in [-0.2, -0.15) is 0 Å². The average molecular weight is 477 g/mol. The van der Waals surface area contributed by atoms with Gasteiger partial charge in [-0.1, -0.05) is 37.4 Å². The van der Waals surface area contributed by atoms with E-state index in [4.69, 9.17) is 11.6 Å². The highest BCUT2D eigenvalue weighted by molar-refractivity contribution is 7.91. The number of hydrogen-bond acceptors (Lipinski definition) is 4. The molecule has 0 unspecified atom stereocenters. The van der Waals surface area contributed by atoms with E-state index in [-0.39, 0.29) is 20.2 Å². The molecule has 32 heavy (non-hydrogen) atoms. The third-order valence-electron chi connectivity index (χ3n) is 5.92. The number of anilines is 1. The summed E-state index contributed by atoms with van der Waals surface area (Å²) in [5.74, 6) is -0.503. The minimum absolute atomic E-state index is 0.0637. The smallest absolute Gasteiger partial charge is 0.211 e. The van der Waals surface area contributed by atoms with Crippen LogP contribution >= 0.6 is 11.6 Å². The maximum Gasteiger partial charge on any atom is 0.211 e. The fourth-order valence-corrected chi connectivity index (χ4v) is 5.97. The highest BCUT2D eigenvalue weighted by atomic mass is 35.5. The quantitative estimate of drug-likeness (QED) is 0.493. The van der Waals surface area contributed by atoms with Crippen molar-refractivity contribution < 1.29 is 12.8 Å². The van der Waals surface area contributed by atoms with Gasteiger partial charge in [0.15, 0.2) is 0 Å². The average Bonchev–Trinajstić information content (AvgIpc) is 3.05. The van der Waals surface area contributed by atoms with Crippen molar-refractivity contribution in [3.63, 3.8) is 0 Å². The summed E-state index contributed by atoms with van der Waals surface area (Å²) < 4.78 is 43.5. The minimum atomic E-state index is -4.12. The van der Waals surface area contributed by atoms with Crippen molar-refractivity contribution in [1.29, 1.82) is 0 Å². The van der Waals surface area contributed by atoms with Crippen molar-refractivity contribution in [2.45, 2.75) is 55.4 Å². The van der Waals surface area contributed by atoms with Crippen molar-refractivity contribution in [3.05, 3.63) is 63.7 Å². The molecule has 0 saturated carbocycles. The van der Waals surface area contributed by atoms with E-state index < -0.39 is 21.1 Å². The molecule has 0 bridgehead atoms. The summed E-state index contributed by atoms with van der Waals surface area (Å²) in [6.45, 7) is 4.00. The predicted octanol–water partition coefficient (Wildman–Crippen LogP) is 5.42. The van der Waals surface area contributed by atoms with Gasteiger partial charge in [0.1, 0.15) is 10.7 Å². The first-order valence-corrected chi connectivity index (χ1v) is 12.8. The van der Waals surface area contributed by atoms with Gasteiger partial charge in [0.2, 0.25) is 15.3 Å². The largest absolute Gasteiger partial charge is 0.369 e. The van der Waals surface area contributed by atoms with Gasteiger partial charge in [-0.05, 0) is 49.6 Å². The molecule has 0 atom stereocenters. The summed E-state index contributed by atoms with van der Waals surface area (Å²) >= 11 is 5.98. The van der Waals surface area contributed by atoms with Gasteiger partial charge in [-0.3, -0.25) is 4.79 Å². The summed E-state index contributed by atoms with van der Waals surface area (Å²) in [6, 6.07) is 8.69. The molecule has 1 fully saturated rings. The molecular weight excluding hydrogens is 451 g/mol. The highest BCUT2D eigenvalue weighted by Gasteiger charge is 2.25. The summed E-state index contributed by atoms with van der Waals surface area (Å²) in [6.07, 6.45) is 6.35. The Balaban J connectivity index is 1.93. The van der Waals surface area contributed by atoms with E-state index >= 15 is 4.39 Å². The molecule has 2 heterocycles. The molecule has 0 amide bonds. The molecule has 0 spiro atoms. The fraction of sp³-hybridized carbons (Fsp3) is 0.375. The van der Waals surface area contributed by atoms with Crippen LogP contribution in [0.4, 0.5) is 10.1 Å². The maximum absolute atomic E-state index is 15.2. The number of nitrogens with zero attached hydrogens (tertiary/aromatic N) is 2. The normalized spacial score (nSPS) is 15.2. The van der Waals surface area contributed by atoms with Crippen molar-refractivity contribution in [2.75, 3.05) is 18.0 Å². The number of pyridine rings is 1. The van der Waals surface area contributed by atoms with Gasteiger partial charge >= 0.3 is 0 Å². The number of fused-ring (bicyclic) bond motifs is 1. The Morgan fingerprint density at radius 2 is 1.78 bits per heavy atom. The SMILES string of the molecule is CCCn1cc(S(=O)(=O)c2cccc(Cl)c2)c(=O)c2cc(F)c(N3CCCCCC3)cc21. The number of hydrogen-bond donors (Lipinski definition) is 0. The molecule has 0 N–H and O–H groups in total. The van der Waals surface area contributed by atoms with Crippen LogP contribution in [-0.4, -0.2) is 26.1 Å². The van der Waals surface area contributed by atoms with Crippen molar-refractivity contribution in [1.82, 2.24) is 4.57 Å². The second-order valence-electron chi connectivity index (χ2n) is 8.20. The van der Waals surface area contributed by atoms with Gasteiger partial charge in [0.25, 0.3) is 0 Å². The Hall–Kier alpha value is -2.38. The highest BCUT2D eigenvalue weighted by Crippen LogP contribution is 2.29. The van der Waals surface area contributed by atoms with Crippen LogP contribution in [0.5, 0.6) is 0 Å². The van der Waals surface area contributed by atoms with Crippen molar-refractivity contribution >= 4 is 38.0 Å². The monoisotopic (exact) mass is 476 g/mol. The molecule has 1 aromatic heterocycles. The van der Waals surface area contributed by atoms with E-state index in [1.807, 2.05) is 11.8 Å². The van der Waals surface area contributed by atoms with Crippen LogP contribution in [0, 0.1) is 5.82 Å².